The quantitative estimate of drug-likeness (QED) is 0.614. The number of benzene rings is 1. The van der Waals surface area contributed by atoms with Crippen molar-refractivity contribution >= 4 is 5.97 Å². The average Bonchev–Trinajstić information content (AvgIpc) is 2.60. The highest BCUT2D eigenvalue weighted by molar-refractivity contribution is 5.82. The highest BCUT2D eigenvalue weighted by Crippen LogP contribution is 2.23. The standard InChI is InChI=1S/C19H25NO4/c1-13-18(19(21)23-13)20-14(2)22-12-15-8-10-17(11-9-15)24-16-6-4-3-5-7-16/h8-11,13,16,18,20H,2-7,12H2,1H3/t13-,18+/m0/s1. The number of hydrogen-bond donors (Lipinski definition) is 1. The molecule has 1 N–H and O–H groups in total. The summed E-state index contributed by atoms with van der Waals surface area (Å²) in [6.45, 7) is 6.01. The Labute approximate surface area is 143 Å². The number of nitrogens with one attached hydrogen (secondary N) is 1. The van der Waals surface area contributed by atoms with Crippen LogP contribution in [0.1, 0.15) is 44.6 Å². The van der Waals surface area contributed by atoms with Gasteiger partial charge in [0.2, 0.25) is 0 Å². The fraction of sp³-hybridized carbons (Fsp3) is 0.526. The molecule has 1 aliphatic heterocycles. The van der Waals surface area contributed by atoms with Crippen molar-refractivity contribution in [1.82, 2.24) is 5.32 Å². The molecule has 24 heavy (non-hydrogen) atoms. The van der Waals surface area contributed by atoms with Gasteiger partial charge in [0.1, 0.15) is 18.5 Å². The zero-order chi connectivity index (χ0) is 16.9. The van der Waals surface area contributed by atoms with Gasteiger partial charge in [-0.05, 0) is 56.9 Å². The molecule has 2 atom stereocenters. The van der Waals surface area contributed by atoms with Gasteiger partial charge in [0.25, 0.3) is 0 Å². The molecular weight excluding hydrogens is 306 g/mol. The van der Waals surface area contributed by atoms with Crippen LogP contribution in [0.5, 0.6) is 5.75 Å². The molecule has 0 unspecified atom stereocenters. The maximum Gasteiger partial charge on any atom is 0.332 e. The summed E-state index contributed by atoms with van der Waals surface area (Å²) in [7, 11) is 0. The first-order valence-corrected chi connectivity index (χ1v) is 8.66. The van der Waals surface area contributed by atoms with Gasteiger partial charge in [0.05, 0.1) is 6.10 Å². The summed E-state index contributed by atoms with van der Waals surface area (Å²) >= 11 is 0. The van der Waals surface area contributed by atoms with Crippen molar-refractivity contribution in [1.29, 1.82) is 0 Å². The van der Waals surface area contributed by atoms with Crippen LogP contribution in [0.2, 0.25) is 0 Å². The Morgan fingerprint density at radius 1 is 1.25 bits per heavy atom. The lowest BCUT2D eigenvalue weighted by atomic mass is 9.98. The van der Waals surface area contributed by atoms with Crippen LogP contribution in [0, 0.1) is 0 Å². The summed E-state index contributed by atoms with van der Waals surface area (Å²) in [5, 5.41) is 2.94. The van der Waals surface area contributed by atoms with Crippen LogP contribution in [0.25, 0.3) is 0 Å². The van der Waals surface area contributed by atoms with E-state index in [9.17, 15) is 4.79 Å². The van der Waals surface area contributed by atoms with Gasteiger partial charge in [-0.1, -0.05) is 18.6 Å². The van der Waals surface area contributed by atoms with E-state index in [2.05, 4.69) is 11.9 Å². The molecule has 1 saturated heterocycles. The van der Waals surface area contributed by atoms with Crippen molar-refractivity contribution in [3.8, 4) is 5.75 Å². The predicted molar refractivity (Wildman–Crippen MR) is 90.3 cm³/mol. The topological polar surface area (TPSA) is 56.8 Å². The minimum absolute atomic E-state index is 0.144. The fourth-order valence-corrected chi connectivity index (χ4v) is 3.05. The van der Waals surface area contributed by atoms with Gasteiger partial charge >= 0.3 is 5.97 Å². The van der Waals surface area contributed by atoms with E-state index < -0.39 is 0 Å². The molecule has 1 aliphatic carbocycles. The van der Waals surface area contributed by atoms with E-state index in [-0.39, 0.29) is 18.1 Å². The van der Waals surface area contributed by atoms with Gasteiger partial charge in [-0.15, -0.1) is 0 Å². The van der Waals surface area contributed by atoms with Gasteiger partial charge in [0.15, 0.2) is 11.9 Å². The van der Waals surface area contributed by atoms with Crippen LogP contribution < -0.4 is 10.1 Å². The molecule has 1 aromatic carbocycles. The van der Waals surface area contributed by atoms with E-state index in [0.717, 1.165) is 24.2 Å². The Bertz CT molecular complexity index is 578. The summed E-state index contributed by atoms with van der Waals surface area (Å²) in [4.78, 5) is 11.3. The highest BCUT2D eigenvalue weighted by atomic mass is 16.6. The van der Waals surface area contributed by atoms with Crippen molar-refractivity contribution in [2.75, 3.05) is 0 Å². The molecule has 0 spiro atoms. The average molecular weight is 331 g/mol. The maximum absolute atomic E-state index is 11.3. The molecule has 2 aliphatic rings. The van der Waals surface area contributed by atoms with E-state index in [1.54, 1.807) is 0 Å². The van der Waals surface area contributed by atoms with Crippen LogP contribution in [-0.4, -0.2) is 24.2 Å². The predicted octanol–water partition coefficient (Wildman–Crippen LogP) is 3.29. The Kier molecular flexibility index (Phi) is 5.28. The summed E-state index contributed by atoms with van der Waals surface area (Å²) in [6, 6.07) is 7.59. The fourth-order valence-electron chi connectivity index (χ4n) is 3.05. The smallest absolute Gasteiger partial charge is 0.332 e. The SMILES string of the molecule is C=C(N[C@H]1C(=O)O[C@H]1C)OCc1ccc(OC2CCCCC2)cc1. The lowest BCUT2D eigenvalue weighted by Gasteiger charge is -2.33. The Balaban J connectivity index is 1.42. The molecule has 5 nitrogen and oxygen atoms in total. The van der Waals surface area contributed by atoms with Gasteiger partial charge < -0.3 is 19.5 Å². The van der Waals surface area contributed by atoms with Crippen LogP contribution in [-0.2, 0) is 20.9 Å². The third-order valence-electron chi connectivity index (χ3n) is 4.53. The molecule has 3 rings (SSSR count). The van der Waals surface area contributed by atoms with Crippen molar-refractivity contribution in [3.63, 3.8) is 0 Å². The van der Waals surface area contributed by atoms with E-state index in [0.29, 0.717) is 18.6 Å². The van der Waals surface area contributed by atoms with E-state index >= 15 is 0 Å². The minimum Gasteiger partial charge on any atom is -0.490 e. The van der Waals surface area contributed by atoms with Crippen molar-refractivity contribution in [3.05, 3.63) is 42.3 Å². The molecule has 130 valence electrons. The minimum atomic E-state index is -0.358. The molecule has 1 aromatic rings. The van der Waals surface area contributed by atoms with Crippen molar-refractivity contribution < 1.29 is 19.0 Å². The van der Waals surface area contributed by atoms with Gasteiger partial charge in [-0.25, -0.2) is 4.79 Å². The molecule has 2 fully saturated rings. The van der Waals surface area contributed by atoms with Gasteiger partial charge in [-0.2, -0.15) is 0 Å². The first-order valence-electron chi connectivity index (χ1n) is 8.66. The largest absolute Gasteiger partial charge is 0.490 e. The number of esters is 1. The lowest BCUT2D eigenvalue weighted by molar-refractivity contribution is -0.174. The van der Waals surface area contributed by atoms with Crippen LogP contribution >= 0.6 is 0 Å². The Hall–Kier alpha value is -2.17. The second kappa shape index (κ2) is 7.60. The third kappa shape index (κ3) is 4.22. The number of ether oxygens (including phenoxy) is 3. The summed E-state index contributed by atoms with van der Waals surface area (Å²) < 4.78 is 16.5. The number of rotatable bonds is 7. The second-order valence-corrected chi connectivity index (χ2v) is 6.50. The summed E-state index contributed by atoms with van der Waals surface area (Å²) in [5.74, 6) is 1.02. The van der Waals surface area contributed by atoms with E-state index in [1.807, 2.05) is 31.2 Å². The molecule has 1 saturated carbocycles. The molecule has 1 heterocycles. The molecular formula is C19H25NO4. The first-order chi connectivity index (χ1) is 11.6. The van der Waals surface area contributed by atoms with Crippen molar-refractivity contribution in [2.45, 2.75) is 63.9 Å². The second-order valence-electron chi connectivity index (χ2n) is 6.50. The Morgan fingerprint density at radius 2 is 1.96 bits per heavy atom. The Morgan fingerprint density at radius 3 is 2.58 bits per heavy atom. The van der Waals surface area contributed by atoms with Crippen molar-refractivity contribution in [2.24, 2.45) is 0 Å². The molecule has 0 bridgehead atoms. The highest BCUT2D eigenvalue weighted by Gasteiger charge is 2.39. The number of cyclic esters (lactones) is 1. The van der Waals surface area contributed by atoms with Crippen LogP contribution in [0.3, 0.4) is 0 Å². The van der Waals surface area contributed by atoms with E-state index in [4.69, 9.17) is 14.2 Å². The zero-order valence-electron chi connectivity index (χ0n) is 14.1. The van der Waals surface area contributed by atoms with E-state index in [1.165, 1.54) is 19.3 Å². The third-order valence-corrected chi connectivity index (χ3v) is 4.53. The molecule has 0 radical (unpaired) electrons. The molecule has 0 aromatic heterocycles. The maximum atomic E-state index is 11.3. The zero-order valence-corrected chi connectivity index (χ0v) is 14.1. The van der Waals surface area contributed by atoms with Crippen LogP contribution in [0.15, 0.2) is 36.7 Å². The normalized spacial score (nSPS) is 23.8. The molecule has 5 heteroatoms. The molecule has 0 amide bonds. The monoisotopic (exact) mass is 331 g/mol. The first kappa shape index (κ1) is 16.7. The van der Waals surface area contributed by atoms with Gasteiger partial charge in [-0.3, -0.25) is 0 Å². The lowest BCUT2D eigenvalue weighted by Crippen LogP contribution is -2.56. The van der Waals surface area contributed by atoms with Crippen LogP contribution in [0.4, 0.5) is 0 Å². The summed E-state index contributed by atoms with van der Waals surface area (Å²) in [5.41, 5.74) is 1.03. The summed E-state index contributed by atoms with van der Waals surface area (Å²) in [6.07, 6.45) is 6.36. The number of carbonyl (C=O) groups is 1. The van der Waals surface area contributed by atoms with Gasteiger partial charge in [0, 0.05) is 0 Å². The number of carbonyl (C=O) groups excluding carboxylic acids is 1. The number of hydrogen-bond acceptors (Lipinski definition) is 5.